The lowest BCUT2D eigenvalue weighted by Crippen LogP contribution is -2.26. The zero-order valence-electron chi connectivity index (χ0n) is 16.1. The smallest absolute Gasteiger partial charge is 0.411 e. The predicted octanol–water partition coefficient (Wildman–Crippen LogP) is 4.53. The van der Waals surface area contributed by atoms with Crippen LogP contribution in [0.4, 0.5) is 10.5 Å². The maximum atomic E-state index is 12.6. The predicted molar refractivity (Wildman–Crippen MR) is 105 cm³/mol. The van der Waals surface area contributed by atoms with E-state index in [9.17, 15) is 9.59 Å². The van der Waals surface area contributed by atoms with Gasteiger partial charge in [-0.25, -0.2) is 4.79 Å². The minimum Gasteiger partial charge on any atom is -0.491 e. The summed E-state index contributed by atoms with van der Waals surface area (Å²) in [6.07, 6.45) is -0.467. The highest BCUT2D eigenvalue weighted by Crippen LogP contribution is 2.21. The molecule has 0 spiro atoms. The van der Waals surface area contributed by atoms with Gasteiger partial charge in [-0.2, -0.15) is 0 Å². The summed E-state index contributed by atoms with van der Waals surface area (Å²) in [5.74, 6) is 0.537. The number of hydrogen-bond acceptors (Lipinski definition) is 4. The Morgan fingerprint density at radius 2 is 1.78 bits per heavy atom. The SMILES string of the molecule is CCOC(=O)Nc1cccc(C(=O)NC(C)c2cccc(OC(C)C)c2)c1. The van der Waals surface area contributed by atoms with Crippen LogP contribution < -0.4 is 15.4 Å². The molecule has 6 heteroatoms. The molecule has 0 saturated carbocycles. The Balaban J connectivity index is 2.05. The molecule has 0 heterocycles. The molecule has 0 aliphatic rings. The number of rotatable bonds is 7. The van der Waals surface area contributed by atoms with Gasteiger partial charge in [-0.05, 0) is 63.6 Å². The highest BCUT2D eigenvalue weighted by atomic mass is 16.5. The highest BCUT2D eigenvalue weighted by Gasteiger charge is 2.13. The Bertz CT molecular complexity index is 789. The van der Waals surface area contributed by atoms with E-state index in [-0.39, 0.29) is 24.7 Å². The fourth-order valence-corrected chi connectivity index (χ4v) is 2.52. The van der Waals surface area contributed by atoms with Crippen LogP contribution in [0, 0.1) is 0 Å². The Morgan fingerprint density at radius 1 is 1.04 bits per heavy atom. The van der Waals surface area contributed by atoms with E-state index in [2.05, 4.69) is 10.6 Å². The summed E-state index contributed by atoms with van der Waals surface area (Å²) < 4.78 is 10.5. The minimum atomic E-state index is -0.551. The molecule has 0 radical (unpaired) electrons. The molecule has 144 valence electrons. The standard InChI is InChI=1S/C21H26N2O4/c1-5-26-21(25)23-18-10-6-9-17(12-18)20(24)22-15(4)16-8-7-11-19(13-16)27-14(2)3/h6-15H,5H2,1-4H3,(H,22,24)(H,23,25). The van der Waals surface area contributed by atoms with Gasteiger partial charge in [-0.1, -0.05) is 18.2 Å². The zero-order chi connectivity index (χ0) is 19.8. The number of amides is 2. The number of benzene rings is 2. The zero-order valence-corrected chi connectivity index (χ0v) is 16.1. The van der Waals surface area contributed by atoms with Crippen molar-refractivity contribution < 1.29 is 19.1 Å². The van der Waals surface area contributed by atoms with Gasteiger partial charge in [0.1, 0.15) is 5.75 Å². The molecule has 2 aromatic carbocycles. The van der Waals surface area contributed by atoms with Gasteiger partial charge >= 0.3 is 6.09 Å². The molecule has 0 aliphatic heterocycles. The lowest BCUT2D eigenvalue weighted by atomic mass is 10.1. The van der Waals surface area contributed by atoms with Crippen LogP contribution in [0.2, 0.25) is 0 Å². The summed E-state index contributed by atoms with van der Waals surface area (Å²) in [6.45, 7) is 7.85. The van der Waals surface area contributed by atoms with Gasteiger partial charge in [0, 0.05) is 11.3 Å². The first kappa shape index (κ1) is 20.3. The molecule has 0 saturated heterocycles. The average Bonchev–Trinajstić information content (AvgIpc) is 2.61. The van der Waals surface area contributed by atoms with Crippen molar-refractivity contribution >= 4 is 17.7 Å². The lowest BCUT2D eigenvalue weighted by Gasteiger charge is -2.17. The molecule has 0 aliphatic carbocycles. The summed E-state index contributed by atoms with van der Waals surface area (Å²) >= 11 is 0. The maximum Gasteiger partial charge on any atom is 0.411 e. The molecule has 0 bridgehead atoms. The van der Waals surface area contributed by atoms with Crippen LogP contribution in [0.15, 0.2) is 48.5 Å². The number of anilines is 1. The van der Waals surface area contributed by atoms with E-state index < -0.39 is 6.09 Å². The second kappa shape index (κ2) is 9.62. The minimum absolute atomic E-state index is 0.0831. The number of ether oxygens (including phenoxy) is 2. The monoisotopic (exact) mass is 370 g/mol. The van der Waals surface area contributed by atoms with Crippen LogP contribution in [0.3, 0.4) is 0 Å². The van der Waals surface area contributed by atoms with E-state index in [1.807, 2.05) is 45.0 Å². The molecular formula is C21H26N2O4. The molecule has 6 nitrogen and oxygen atoms in total. The molecule has 1 atom stereocenters. The van der Waals surface area contributed by atoms with E-state index in [4.69, 9.17) is 9.47 Å². The summed E-state index contributed by atoms with van der Waals surface area (Å²) in [5.41, 5.74) is 1.90. The molecule has 2 amide bonds. The Labute approximate surface area is 159 Å². The second-order valence-corrected chi connectivity index (χ2v) is 6.36. The van der Waals surface area contributed by atoms with Crippen molar-refractivity contribution in [2.75, 3.05) is 11.9 Å². The average molecular weight is 370 g/mol. The maximum absolute atomic E-state index is 12.6. The molecule has 2 N–H and O–H groups in total. The molecule has 0 aromatic heterocycles. The highest BCUT2D eigenvalue weighted by molar-refractivity contribution is 5.96. The lowest BCUT2D eigenvalue weighted by molar-refractivity contribution is 0.0939. The Kier molecular flexibility index (Phi) is 7.23. The van der Waals surface area contributed by atoms with Gasteiger partial charge in [0.2, 0.25) is 0 Å². The third-order valence-corrected chi connectivity index (χ3v) is 3.72. The fraction of sp³-hybridized carbons (Fsp3) is 0.333. The number of nitrogens with one attached hydrogen (secondary N) is 2. The number of carbonyl (C=O) groups is 2. The van der Waals surface area contributed by atoms with Crippen LogP contribution in [-0.4, -0.2) is 24.7 Å². The third-order valence-electron chi connectivity index (χ3n) is 3.72. The first-order valence-corrected chi connectivity index (χ1v) is 9.00. The molecular weight excluding hydrogens is 344 g/mol. The third kappa shape index (κ3) is 6.33. The van der Waals surface area contributed by atoms with E-state index in [0.29, 0.717) is 11.3 Å². The number of carbonyl (C=O) groups excluding carboxylic acids is 2. The number of hydrogen-bond donors (Lipinski definition) is 2. The summed E-state index contributed by atoms with van der Waals surface area (Å²) in [6, 6.07) is 14.2. The van der Waals surface area contributed by atoms with Crippen LogP contribution >= 0.6 is 0 Å². The van der Waals surface area contributed by atoms with Crippen LogP contribution in [0.5, 0.6) is 5.75 Å². The van der Waals surface area contributed by atoms with Crippen LogP contribution in [0.1, 0.15) is 49.7 Å². The Hall–Kier alpha value is -3.02. The first-order chi connectivity index (χ1) is 12.9. The molecule has 1 unspecified atom stereocenters. The first-order valence-electron chi connectivity index (χ1n) is 9.00. The van der Waals surface area contributed by atoms with Crippen molar-refractivity contribution in [1.82, 2.24) is 5.32 Å². The van der Waals surface area contributed by atoms with Gasteiger partial charge in [-0.3, -0.25) is 10.1 Å². The second-order valence-electron chi connectivity index (χ2n) is 6.36. The van der Waals surface area contributed by atoms with Gasteiger partial charge in [0.25, 0.3) is 5.91 Å². The summed E-state index contributed by atoms with van der Waals surface area (Å²) in [4.78, 5) is 24.1. The van der Waals surface area contributed by atoms with Crippen molar-refractivity contribution in [2.45, 2.75) is 39.8 Å². The summed E-state index contributed by atoms with van der Waals surface area (Å²) in [5, 5.41) is 5.55. The normalized spacial score (nSPS) is 11.6. The van der Waals surface area contributed by atoms with E-state index in [1.165, 1.54) is 0 Å². The van der Waals surface area contributed by atoms with E-state index in [0.717, 1.165) is 11.3 Å². The van der Waals surface area contributed by atoms with Gasteiger partial charge in [0.05, 0.1) is 18.8 Å². The summed E-state index contributed by atoms with van der Waals surface area (Å²) in [7, 11) is 0. The molecule has 2 aromatic rings. The van der Waals surface area contributed by atoms with Gasteiger partial charge < -0.3 is 14.8 Å². The fourth-order valence-electron chi connectivity index (χ4n) is 2.52. The van der Waals surface area contributed by atoms with Crippen molar-refractivity contribution in [3.05, 3.63) is 59.7 Å². The van der Waals surface area contributed by atoms with Crippen LogP contribution in [-0.2, 0) is 4.74 Å². The van der Waals surface area contributed by atoms with E-state index >= 15 is 0 Å². The van der Waals surface area contributed by atoms with Crippen LogP contribution in [0.25, 0.3) is 0 Å². The largest absolute Gasteiger partial charge is 0.491 e. The van der Waals surface area contributed by atoms with Crippen molar-refractivity contribution in [3.8, 4) is 5.75 Å². The van der Waals surface area contributed by atoms with Crippen molar-refractivity contribution in [1.29, 1.82) is 0 Å². The van der Waals surface area contributed by atoms with E-state index in [1.54, 1.807) is 31.2 Å². The quantitative estimate of drug-likeness (QED) is 0.750. The van der Waals surface area contributed by atoms with Crippen molar-refractivity contribution in [3.63, 3.8) is 0 Å². The molecule has 27 heavy (non-hydrogen) atoms. The van der Waals surface area contributed by atoms with Crippen molar-refractivity contribution in [2.24, 2.45) is 0 Å². The molecule has 2 rings (SSSR count). The molecule has 0 fully saturated rings. The van der Waals surface area contributed by atoms with Gasteiger partial charge in [0.15, 0.2) is 0 Å². The van der Waals surface area contributed by atoms with Gasteiger partial charge in [-0.15, -0.1) is 0 Å². The topological polar surface area (TPSA) is 76.7 Å². The Morgan fingerprint density at radius 3 is 2.48 bits per heavy atom.